The fraction of sp³-hybridized carbons (Fsp3) is 0.667. The molecule has 0 aliphatic heterocycles. The van der Waals surface area contributed by atoms with Crippen LogP contribution in [0.1, 0.15) is 20.3 Å². The molecule has 50 valence electrons. The first kappa shape index (κ1) is 11.7. The predicted octanol–water partition coefficient (Wildman–Crippen LogP) is 2.84. The molecule has 0 radical (unpaired) electrons. The van der Waals surface area contributed by atoms with Crippen LogP contribution in [0.25, 0.3) is 0 Å². The highest BCUT2D eigenvalue weighted by Crippen LogP contribution is 1.94. The Labute approximate surface area is 71.3 Å². The largest absolute Gasteiger partial charge is 0.137 e. The molecule has 0 saturated carbocycles. The number of hydrogen-bond acceptors (Lipinski definition) is 0. The standard InChI is InChI=1S/C6H13P.HI/c1-6(2)4-3-5-7;/h4H,3,5,7H2,1-2H3;1H. The van der Waals surface area contributed by atoms with E-state index in [1.54, 1.807) is 0 Å². The molecule has 0 rings (SSSR count). The highest BCUT2D eigenvalue weighted by molar-refractivity contribution is 14.0. The van der Waals surface area contributed by atoms with Crippen molar-refractivity contribution in [1.29, 1.82) is 0 Å². The Morgan fingerprint density at radius 3 is 2.12 bits per heavy atom. The van der Waals surface area contributed by atoms with Crippen LogP contribution < -0.4 is 0 Å². The van der Waals surface area contributed by atoms with Gasteiger partial charge in [-0.1, -0.05) is 11.6 Å². The molecule has 0 aromatic rings. The van der Waals surface area contributed by atoms with Crippen molar-refractivity contribution in [2.45, 2.75) is 20.3 Å². The van der Waals surface area contributed by atoms with E-state index in [0.717, 1.165) is 0 Å². The Balaban J connectivity index is 0. The number of halogens is 1. The number of hydrogen-bond donors (Lipinski definition) is 0. The molecule has 0 saturated heterocycles. The third-order valence-electron chi connectivity index (χ3n) is 0.719. The van der Waals surface area contributed by atoms with E-state index in [4.69, 9.17) is 0 Å². The summed E-state index contributed by atoms with van der Waals surface area (Å²) in [4.78, 5) is 0. The third kappa shape index (κ3) is 10.0. The molecule has 0 nitrogen and oxygen atoms in total. The van der Waals surface area contributed by atoms with E-state index in [0.29, 0.717) is 0 Å². The topological polar surface area (TPSA) is 0 Å². The molecule has 0 amide bonds. The lowest BCUT2D eigenvalue weighted by molar-refractivity contribution is 1.19. The van der Waals surface area contributed by atoms with Gasteiger partial charge in [-0.3, -0.25) is 0 Å². The molecule has 2 heteroatoms. The molecule has 1 unspecified atom stereocenters. The molecule has 0 fully saturated rings. The minimum atomic E-state index is 0. The van der Waals surface area contributed by atoms with Crippen molar-refractivity contribution in [3.8, 4) is 0 Å². The second-order valence-corrected chi connectivity index (χ2v) is 2.44. The first-order chi connectivity index (χ1) is 3.27. The third-order valence-corrected chi connectivity index (χ3v) is 1.05. The van der Waals surface area contributed by atoms with Gasteiger partial charge in [-0.05, 0) is 26.4 Å². The van der Waals surface area contributed by atoms with Crippen LogP contribution in [0.5, 0.6) is 0 Å². The van der Waals surface area contributed by atoms with E-state index in [9.17, 15) is 0 Å². The van der Waals surface area contributed by atoms with Gasteiger partial charge in [-0.15, -0.1) is 33.2 Å². The Morgan fingerprint density at radius 2 is 2.00 bits per heavy atom. The van der Waals surface area contributed by atoms with Crippen LogP contribution in [-0.4, -0.2) is 6.16 Å². The summed E-state index contributed by atoms with van der Waals surface area (Å²) in [6.07, 6.45) is 4.63. The fourth-order valence-electron chi connectivity index (χ4n) is 0.372. The van der Waals surface area contributed by atoms with E-state index >= 15 is 0 Å². The first-order valence-corrected chi connectivity index (χ1v) is 3.42. The molecular weight excluding hydrogens is 230 g/mol. The van der Waals surface area contributed by atoms with Gasteiger partial charge in [0.05, 0.1) is 0 Å². The molecule has 0 bridgehead atoms. The van der Waals surface area contributed by atoms with E-state index in [1.165, 1.54) is 18.2 Å². The van der Waals surface area contributed by atoms with Gasteiger partial charge in [0.2, 0.25) is 0 Å². The Bertz CT molecular complexity index is 64.9. The molecule has 0 aromatic carbocycles. The van der Waals surface area contributed by atoms with Crippen molar-refractivity contribution in [2.24, 2.45) is 0 Å². The lowest BCUT2D eigenvalue weighted by Gasteiger charge is -1.85. The number of allylic oxidation sites excluding steroid dienone is 2. The van der Waals surface area contributed by atoms with Crippen LogP contribution in [0.2, 0.25) is 0 Å². The van der Waals surface area contributed by atoms with Crippen LogP contribution in [0, 0.1) is 0 Å². The average Bonchev–Trinajstić information content (AvgIpc) is 1.61. The molecule has 0 aliphatic rings. The molecule has 0 N–H and O–H groups in total. The number of rotatable bonds is 2. The van der Waals surface area contributed by atoms with Gasteiger partial charge in [0.25, 0.3) is 0 Å². The fourth-order valence-corrected chi connectivity index (χ4v) is 0.539. The monoisotopic (exact) mass is 244 g/mol. The van der Waals surface area contributed by atoms with Crippen molar-refractivity contribution in [1.82, 2.24) is 0 Å². The van der Waals surface area contributed by atoms with Gasteiger partial charge >= 0.3 is 0 Å². The molecule has 0 heterocycles. The smallest absolute Gasteiger partial charge is 0.0313 e. The summed E-state index contributed by atoms with van der Waals surface area (Å²) in [5.41, 5.74) is 1.42. The summed E-state index contributed by atoms with van der Waals surface area (Å²) in [5, 5.41) is 0. The summed E-state index contributed by atoms with van der Waals surface area (Å²) in [5.74, 6) is 0. The summed E-state index contributed by atoms with van der Waals surface area (Å²) >= 11 is 0. The Hall–Kier alpha value is 0.900. The first-order valence-electron chi connectivity index (χ1n) is 2.61. The van der Waals surface area contributed by atoms with Crippen molar-refractivity contribution < 1.29 is 0 Å². The maximum Gasteiger partial charge on any atom is -0.0313 e. The summed E-state index contributed by atoms with van der Waals surface area (Å²) in [6.45, 7) is 4.25. The highest BCUT2D eigenvalue weighted by Gasteiger charge is 1.73. The minimum Gasteiger partial charge on any atom is -0.137 e. The van der Waals surface area contributed by atoms with E-state index in [1.807, 2.05) is 0 Å². The predicted molar refractivity (Wildman–Crippen MR) is 54.0 cm³/mol. The zero-order chi connectivity index (χ0) is 5.70. The molecule has 0 aromatic heterocycles. The van der Waals surface area contributed by atoms with E-state index in [-0.39, 0.29) is 24.0 Å². The van der Waals surface area contributed by atoms with E-state index < -0.39 is 0 Å². The van der Waals surface area contributed by atoms with Crippen molar-refractivity contribution in [3.63, 3.8) is 0 Å². The van der Waals surface area contributed by atoms with Gasteiger partial charge in [-0.25, -0.2) is 0 Å². The van der Waals surface area contributed by atoms with Crippen LogP contribution in [0.3, 0.4) is 0 Å². The average molecular weight is 244 g/mol. The van der Waals surface area contributed by atoms with Crippen molar-refractivity contribution in [2.75, 3.05) is 6.16 Å². The van der Waals surface area contributed by atoms with Gasteiger partial charge in [0, 0.05) is 0 Å². The van der Waals surface area contributed by atoms with Crippen LogP contribution in [0.4, 0.5) is 0 Å². The summed E-state index contributed by atoms with van der Waals surface area (Å²) < 4.78 is 0. The highest BCUT2D eigenvalue weighted by atomic mass is 127. The minimum absolute atomic E-state index is 0. The summed E-state index contributed by atoms with van der Waals surface area (Å²) in [6, 6.07) is 0. The van der Waals surface area contributed by atoms with Crippen molar-refractivity contribution in [3.05, 3.63) is 11.6 Å². The molecule has 8 heavy (non-hydrogen) atoms. The van der Waals surface area contributed by atoms with Gasteiger partial charge < -0.3 is 0 Å². The van der Waals surface area contributed by atoms with Crippen LogP contribution >= 0.6 is 33.2 Å². The maximum absolute atomic E-state index is 2.70. The summed E-state index contributed by atoms with van der Waals surface area (Å²) in [7, 11) is 2.70. The van der Waals surface area contributed by atoms with E-state index in [2.05, 4.69) is 29.2 Å². The Kier molecular flexibility index (Phi) is 11.5. The molecule has 1 atom stereocenters. The van der Waals surface area contributed by atoms with Gasteiger partial charge in [0.15, 0.2) is 0 Å². The normalized spacial score (nSPS) is 7.38. The molecular formula is C6H14IP. The second-order valence-electron chi connectivity index (χ2n) is 1.86. The lowest BCUT2D eigenvalue weighted by atomic mass is 10.3. The molecule has 0 spiro atoms. The SMILES string of the molecule is CC(C)=CCCP.I. The van der Waals surface area contributed by atoms with Crippen molar-refractivity contribution >= 4 is 33.2 Å². The van der Waals surface area contributed by atoms with Gasteiger partial charge in [-0.2, -0.15) is 0 Å². The quantitative estimate of drug-likeness (QED) is 0.398. The molecule has 0 aliphatic carbocycles. The maximum atomic E-state index is 2.70. The lowest BCUT2D eigenvalue weighted by Crippen LogP contribution is -1.67. The second kappa shape index (κ2) is 7.90. The Morgan fingerprint density at radius 1 is 1.50 bits per heavy atom. The van der Waals surface area contributed by atoms with Gasteiger partial charge in [0.1, 0.15) is 0 Å². The zero-order valence-electron chi connectivity index (χ0n) is 5.48. The van der Waals surface area contributed by atoms with Crippen LogP contribution in [0.15, 0.2) is 11.6 Å². The zero-order valence-corrected chi connectivity index (χ0v) is 8.96. The van der Waals surface area contributed by atoms with Crippen LogP contribution in [-0.2, 0) is 0 Å².